The molecule has 0 aliphatic heterocycles. The van der Waals surface area contributed by atoms with E-state index in [0.29, 0.717) is 6.42 Å². The van der Waals surface area contributed by atoms with E-state index in [4.69, 9.17) is 5.73 Å². The minimum Gasteiger partial charge on any atom is -0.324 e. The van der Waals surface area contributed by atoms with Crippen molar-refractivity contribution in [1.29, 1.82) is 0 Å². The first-order chi connectivity index (χ1) is 8.43. The van der Waals surface area contributed by atoms with Crippen molar-refractivity contribution >= 4 is 17.3 Å². The van der Waals surface area contributed by atoms with E-state index in [9.17, 15) is 19.3 Å². The Kier molecular flexibility index (Phi) is 4.73. The number of nitrogens with two attached hydrogens (primary N) is 1. The van der Waals surface area contributed by atoms with Gasteiger partial charge in [-0.05, 0) is 12.5 Å². The van der Waals surface area contributed by atoms with E-state index < -0.39 is 28.4 Å². The number of nitrogens with one attached hydrogen (secondary N) is 1. The molecule has 0 fully saturated rings. The highest BCUT2D eigenvalue weighted by Crippen LogP contribution is 2.20. The number of carbonyl (C=O) groups excluding carboxylic acids is 1. The summed E-state index contributed by atoms with van der Waals surface area (Å²) in [6.07, 6.45) is 1.22. The lowest BCUT2D eigenvalue weighted by atomic mass is 10.1. The van der Waals surface area contributed by atoms with Crippen LogP contribution in [0.1, 0.15) is 19.8 Å². The Morgan fingerprint density at radius 2 is 2.22 bits per heavy atom. The number of nitrogens with zero attached hydrogens (tertiary/aromatic N) is 1. The maximum absolute atomic E-state index is 13.1. The van der Waals surface area contributed by atoms with Crippen LogP contribution in [-0.2, 0) is 4.79 Å². The summed E-state index contributed by atoms with van der Waals surface area (Å²) in [5, 5.41) is 12.9. The molecule has 3 N–H and O–H groups in total. The zero-order chi connectivity index (χ0) is 13.7. The van der Waals surface area contributed by atoms with Crippen LogP contribution in [0.5, 0.6) is 0 Å². The fourth-order valence-electron chi connectivity index (χ4n) is 1.43. The molecule has 0 aliphatic carbocycles. The molecule has 7 heteroatoms. The number of nitro groups is 1. The monoisotopic (exact) mass is 255 g/mol. The van der Waals surface area contributed by atoms with Gasteiger partial charge >= 0.3 is 0 Å². The second kappa shape index (κ2) is 6.06. The molecule has 0 aromatic heterocycles. The van der Waals surface area contributed by atoms with Crippen molar-refractivity contribution in [1.82, 2.24) is 0 Å². The van der Waals surface area contributed by atoms with Gasteiger partial charge in [0.15, 0.2) is 0 Å². The van der Waals surface area contributed by atoms with Crippen LogP contribution in [0.3, 0.4) is 0 Å². The van der Waals surface area contributed by atoms with Gasteiger partial charge in [0, 0.05) is 6.07 Å². The highest BCUT2D eigenvalue weighted by molar-refractivity contribution is 5.94. The lowest BCUT2D eigenvalue weighted by Gasteiger charge is -2.11. The van der Waals surface area contributed by atoms with Gasteiger partial charge in [0.2, 0.25) is 5.91 Å². The topological polar surface area (TPSA) is 98.3 Å². The molecule has 1 aromatic carbocycles. The number of nitro benzene ring substituents is 1. The average molecular weight is 255 g/mol. The number of hydrogen-bond donors (Lipinski definition) is 2. The molecule has 0 radical (unpaired) electrons. The first-order valence-corrected chi connectivity index (χ1v) is 5.45. The maximum Gasteiger partial charge on any atom is 0.274 e. The van der Waals surface area contributed by atoms with Gasteiger partial charge in [0.05, 0.1) is 22.7 Å². The molecule has 0 spiro atoms. The first-order valence-electron chi connectivity index (χ1n) is 5.45. The third-order valence-electron chi connectivity index (χ3n) is 2.30. The Morgan fingerprint density at radius 1 is 1.56 bits per heavy atom. The van der Waals surface area contributed by atoms with E-state index in [-0.39, 0.29) is 5.69 Å². The minimum atomic E-state index is -0.788. The second-order valence-electron chi connectivity index (χ2n) is 3.84. The van der Waals surface area contributed by atoms with Crippen LogP contribution in [0, 0.1) is 15.9 Å². The van der Waals surface area contributed by atoms with Crippen molar-refractivity contribution in [3.05, 3.63) is 34.1 Å². The van der Waals surface area contributed by atoms with Crippen molar-refractivity contribution in [3.63, 3.8) is 0 Å². The number of carbonyl (C=O) groups is 1. The van der Waals surface area contributed by atoms with Crippen LogP contribution in [0.4, 0.5) is 15.8 Å². The molecule has 0 saturated heterocycles. The summed E-state index contributed by atoms with van der Waals surface area (Å²) in [6.45, 7) is 1.88. The average Bonchev–Trinajstić information content (AvgIpc) is 2.28. The van der Waals surface area contributed by atoms with Crippen LogP contribution in [-0.4, -0.2) is 16.9 Å². The lowest BCUT2D eigenvalue weighted by molar-refractivity contribution is -0.385. The maximum atomic E-state index is 13.1. The fraction of sp³-hybridized carbons (Fsp3) is 0.364. The second-order valence-corrected chi connectivity index (χ2v) is 3.84. The van der Waals surface area contributed by atoms with Crippen molar-refractivity contribution in [3.8, 4) is 0 Å². The Balaban J connectivity index is 2.84. The summed E-state index contributed by atoms with van der Waals surface area (Å²) in [5.74, 6) is -1.28. The molecular formula is C11H14FN3O3. The SMILES string of the molecule is CCCC(N)C(=O)Nc1cc(F)cc([N+](=O)[O-])c1. The Labute approximate surface area is 103 Å². The van der Waals surface area contributed by atoms with Crippen molar-refractivity contribution in [2.45, 2.75) is 25.8 Å². The largest absolute Gasteiger partial charge is 0.324 e. The smallest absolute Gasteiger partial charge is 0.274 e. The van der Waals surface area contributed by atoms with Crippen molar-refractivity contribution in [2.75, 3.05) is 5.32 Å². The lowest BCUT2D eigenvalue weighted by Crippen LogP contribution is -2.35. The van der Waals surface area contributed by atoms with Gasteiger partial charge in [-0.2, -0.15) is 0 Å². The molecule has 0 aliphatic rings. The normalized spacial score (nSPS) is 11.9. The molecule has 0 bridgehead atoms. The van der Waals surface area contributed by atoms with Crippen LogP contribution in [0.15, 0.2) is 18.2 Å². The molecule has 1 aromatic rings. The summed E-state index contributed by atoms with van der Waals surface area (Å²) >= 11 is 0. The number of rotatable bonds is 5. The van der Waals surface area contributed by atoms with E-state index in [1.165, 1.54) is 0 Å². The molecular weight excluding hydrogens is 241 g/mol. The highest BCUT2D eigenvalue weighted by Gasteiger charge is 2.15. The van der Waals surface area contributed by atoms with Crippen LogP contribution >= 0.6 is 0 Å². The summed E-state index contributed by atoms with van der Waals surface area (Å²) in [5.41, 5.74) is 5.18. The van der Waals surface area contributed by atoms with Crippen molar-refractivity contribution < 1.29 is 14.1 Å². The van der Waals surface area contributed by atoms with E-state index in [0.717, 1.165) is 24.6 Å². The van der Waals surface area contributed by atoms with E-state index in [1.807, 2.05) is 6.92 Å². The Morgan fingerprint density at radius 3 is 2.78 bits per heavy atom. The molecule has 0 saturated carbocycles. The zero-order valence-electron chi connectivity index (χ0n) is 9.85. The van der Waals surface area contributed by atoms with Crippen molar-refractivity contribution in [2.24, 2.45) is 5.73 Å². The van der Waals surface area contributed by atoms with E-state index in [1.54, 1.807) is 0 Å². The summed E-state index contributed by atoms with van der Waals surface area (Å²) in [4.78, 5) is 21.4. The summed E-state index contributed by atoms with van der Waals surface area (Å²) in [6, 6.07) is 2.16. The number of anilines is 1. The molecule has 98 valence electrons. The molecule has 6 nitrogen and oxygen atoms in total. The molecule has 1 amide bonds. The van der Waals surface area contributed by atoms with Gasteiger partial charge in [0.1, 0.15) is 5.82 Å². The molecule has 1 atom stereocenters. The first kappa shape index (κ1) is 14.0. The van der Waals surface area contributed by atoms with E-state index >= 15 is 0 Å². The van der Waals surface area contributed by atoms with Gasteiger partial charge < -0.3 is 11.1 Å². The number of hydrogen-bond acceptors (Lipinski definition) is 4. The predicted octanol–water partition coefficient (Wildman–Crippen LogP) is 1.80. The van der Waals surface area contributed by atoms with Gasteiger partial charge in [-0.25, -0.2) is 4.39 Å². The number of halogens is 1. The number of amides is 1. The summed E-state index contributed by atoms with van der Waals surface area (Å²) in [7, 11) is 0. The van der Waals surface area contributed by atoms with Crippen LogP contribution in [0.25, 0.3) is 0 Å². The summed E-state index contributed by atoms with van der Waals surface area (Å²) < 4.78 is 13.1. The van der Waals surface area contributed by atoms with Gasteiger partial charge in [0.25, 0.3) is 5.69 Å². The molecule has 1 rings (SSSR count). The third kappa shape index (κ3) is 3.77. The minimum absolute atomic E-state index is 0.0262. The molecule has 0 heterocycles. The number of non-ortho nitro benzene ring substituents is 1. The van der Waals surface area contributed by atoms with Gasteiger partial charge in [-0.1, -0.05) is 13.3 Å². The van der Waals surface area contributed by atoms with Gasteiger partial charge in [-0.15, -0.1) is 0 Å². The fourth-order valence-corrected chi connectivity index (χ4v) is 1.43. The van der Waals surface area contributed by atoms with E-state index in [2.05, 4.69) is 5.32 Å². The predicted molar refractivity (Wildman–Crippen MR) is 64.6 cm³/mol. The van der Waals surface area contributed by atoms with Crippen LogP contribution in [0.2, 0.25) is 0 Å². The quantitative estimate of drug-likeness (QED) is 0.619. The molecule has 18 heavy (non-hydrogen) atoms. The Bertz CT molecular complexity index is 465. The Hall–Kier alpha value is -2.02. The third-order valence-corrected chi connectivity index (χ3v) is 2.30. The number of benzene rings is 1. The van der Waals surface area contributed by atoms with Crippen LogP contribution < -0.4 is 11.1 Å². The zero-order valence-corrected chi connectivity index (χ0v) is 9.85. The highest BCUT2D eigenvalue weighted by atomic mass is 19.1. The standard InChI is InChI=1S/C11H14FN3O3/c1-2-3-10(13)11(16)14-8-4-7(12)5-9(6-8)15(17)18/h4-6,10H,2-3,13H2,1H3,(H,14,16). The molecule has 1 unspecified atom stereocenters. The van der Waals surface area contributed by atoms with Gasteiger partial charge in [-0.3, -0.25) is 14.9 Å².